The van der Waals surface area contributed by atoms with E-state index in [0.717, 1.165) is 31.8 Å². The van der Waals surface area contributed by atoms with Gasteiger partial charge in [0.1, 0.15) is 5.75 Å². The van der Waals surface area contributed by atoms with Crippen LogP contribution in [-0.2, 0) is 0 Å². The second-order valence-corrected chi connectivity index (χ2v) is 7.39. The minimum Gasteiger partial charge on any atom is -0.497 e. The van der Waals surface area contributed by atoms with Gasteiger partial charge in [0.05, 0.1) is 7.11 Å². The third kappa shape index (κ3) is 3.52. The van der Waals surface area contributed by atoms with Gasteiger partial charge >= 0.3 is 6.03 Å². The predicted octanol–water partition coefficient (Wildman–Crippen LogP) is 3.22. The van der Waals surface area contributed by atoms with Crippen LogP contribution in [0, 0.1) is 0 Å². The summed E-state index contributed by atoms with van der Waals surface area (Å²) < 4.78 is 5.23. The molecule has 2 bridgehead atoms. The van der Waals surface area contributed by atoms with Crippen LogP contribution in [0.5, 0.6) is 5.75 Å². The number of nitrogens with zero attached hydrogens (tertiary/aromatic N) is 1. The van der Waals surface area contributed by atoms with Crippen LogP contribution in [0.15, 0.2) is 48.5 Å². The first-order valence-electron chi connectivity index (χ1n) is 9.73. The highest BCUT2D eigenvalue weighted by molar-refractivity contribution is 5.74. The van der Waals surface area contributed by atoms with Crippen molar-refractivity contribution in [2.24, 2.45) is 0 Å². The Hall–Kier alpha value is -2.53. The van der Waals surface area contributed by atoms with Gasteiger partial charge in [-0.3, -0.25) is 0 Å². The Balaban J connectivity index is 1.41. The van der Waals surface area contributed by atoms with Gasteiger partial charge in [0, 0.05) is 37.6 Å². The molecule has 0 radical (unpaired) electrons. The van der Waals surface area contributed by atoms with Crippen LogP contribution in [-0.4, -0.2) is 49.8 Å². The standard InChI is InChI=1S/C22H27N3O2/c1-3-12-23-22(26)25-13-19-21(20(14-25)24-19)17-6-4-15(5-7-17)16-8-10-18(27-2)11-9-16/h4-11,19-21,24H,3,12-14H2,1-2H3,(H,23,26)/t19-,20+,21?. The number of nitrogens with one attached hydrogen (secondary N) is 2. The number of piperazine rings is 1. The molecular formula is C22H27N3O2. The van der Waals surface area contributed by atoms with Crippen LogP contribution in [0.1, 0.15) is 24.8 Å². The van der Waals surface area contributed by atoms with Gasteiger partial charge in [0.25, 0.3) is 0 Å². The Morgan fingerprint density at radius 1 is 1.07 bits per heavy atom. The molecule has 3 aliphatic heterocycles. The molecule has 0 aliphatic carbocycles. The molecule has 2 amide bonds. The summed E-state index contributed by atoms with van der Waals surface area (Å²) in [6.07, 6.45) is 0.966. The van der Waals surface area contributed by atoms with Crippen molar-refractivity contribution in [2.45, 2.75) is 31.3 Å². The van der Waals surface area contributed by atoms with Crippen LogP contribution in [0.25, 0.3) is 11.1 Å². The maximum atomic E-state index is 12.2. The summed E-state index contributed by atoms with van der Waals surface area (Å²) in [5.41, 5.74) is 3.75. The Labute approximate surface area is 160 Å². The zero-order chi connectivity index (χ0) is 18.8. The van der Waals surface area contributed by atoms with E-state index in [4.69, 9.17) is 4.74 Å². The summed E-state index contributed by atoms with van der Waals surface area (Å²) in [5.74, 6) is 1.36. The molecule has 0 saturated carbocycles. The molecule has 3 heterocycles. The summed E-state index contributed by atoms with van der Waals surface area (Å²) in [6, 6.07) is 17.8. The van der Waals surface area contributed by atoms with Gasteiger partial charge in [-0.2, -0.15) is 0 Å². The molecule has 3 atom stereocenters. The molecule has 2 aromatic carbocycles. The van der Waals surface area contributed by atoms with E-state index in [0.29, 0.717) is 18.0 Å². The van der Waals surface area contributed by atoms with E-state index in [1.165, 1.54) is 16.7 Å². The number of methoxy groups -OCH3 is 1. The van der Waals surface area contributed by atoms with E-state index in [2.05, 4.69) is 54.0 Å². The molecule has 1 unspecified atom stereocenters. The molecule has 27 heavy (non-hydrogen) atoms. The van der Waals surface area contributed by atoms with Gasteiger partial charge in [-0.25, -0.2) is 4.79 Å². The Bertz CT molecular complexity index is 776. The fourth-order valence-electron chi connectivity index (χ4n) is 4.18. The van der Waals surface area contributed by atoms with Crippen molar-refractivity contribution in [3.63, 3.8) is 0 Å². The second-order valence-electron chi connectivity index (χ2n) is 7.39. The highest BCUT2D eigenvalue weighted by Crippen LogP contribution is 2.37. The van der Waals surface area contributed by atoms with E-state index in [1.807, 2.05) is 17.0 Å². The summed E-state index contributed by atoms with van der Waals surface area (Å²) in [4.78, 5) is 14.1. The minimum absolute atomic E-state index is 0.0710. The van der Waals surface area contributed by atoms with Crippen molar-refractivity contribution < 1.29 is 9.53 Å². The van der Waals surface area contributed by atoms with E-state index in [1.54, 1.807) is 7.11 Å². The second kappa shape index (κ2) is 7.61. The monoisotopic (exact) mass is 365 g/mol. The lowest BCUT2D eigenvalue weighted by molar-refractivity contribution is 0.0711. The first-order chi connectivity index (χ1) is 13.2. The van der Waals surface area contributed by atoms with E-state index in [9.17, 15) is 4.79 Å². The zero-order valence-electron chi connectivity index (χ0n) is 15.9. The van der Waals surface area contributed by atoms with Gasteiger partial charge in [-0.05, 0) is 35.2 Å². The summed E-state index contributed by atoms with van der Waals surface area (Å²) >= 11 is 0. The number of piperidine rings is 1. The lowest BCUT2D eigenvalue weighted by Gasteiger charge is -2.54. The Kier molecular flexibility index (Phi) is 5.03. The van der Waals surface area contributed by atoms with E-state index >= 15 is 0 Å². The molecular weight excluding hydrogens is 338 g/mol. The summed E-state index contributed by atoms with van der Waals surface area (Å²) in [5, 5.41) is 6.57. The fourth-order valence-corrected chi connectivity index (χ4v) is 4.18. The average molecular weight is 365 g/mol. The number of rotatable bonds is 5. The average Bonchev–Trinajstić information content (AvgIpc) is 2.72. The topological polar surface area (TPSA) is 53.6 Å². The van der Waals surface area contributed by atoms with Crippen LogP contribution >= 0.6 is 0 Å². The zero-order valence-corrected chi connectivity index (χ0v) is 15.9. The number of urea groups is 1. The minimum atomic E-state index is 0.0710. The highest BCUT2D eigenvalue weighted by atomic mass is 16.5. The number of fused-ring (bicyclic) bond motifs is 2. The maximum absolute atomic E-state index is 12.2. The first kappa shape index (κ1) is 17.9. The number of carbonyl (C=O) groups excluding carboxylic acids is 1. The summed E-state index contributed by atoms with van der Waals surface area (Å²) in [7, 11) is 1.68. The molecule has 142 valence electrons. The molecule has 5 nitrogen and oxygen atoms in total. The van der Waals surface area contributed by atoms with Crippen LogP contribution < -0.4 is 15.4 Å². The van der Waals surface area contributed by atoms with Crippen molar-refractivity contribution in [3.05, 3.63) is 54.1 Å². The van der Waals surface area contributed by atoms with Gasteiger partial charge in [-0.1, -0.05) is 43.3 Å². The molecule has 2 N–H and O–H groups in total. The van der Waals surface area contributed by atoms with E-state index < -0.39 is 0 Å². The van der Waals surface area contributed by atoms with Crippen molar-refractivity contribution in [1.29, 1.82) is 0 Å². The SMILES string of the molecule is CCCNC(=O)N1C[C@@H]2N[C@H](C1)C2c1ccc(-c2ccc(OC)cc2)cc1. The molecule has 3 fully saturated rings. The molecule has 3 saturated heterocycles. The van der Waals surface area contributed by atoms with Crippen molar-refractivity contribution >= 4 is 6.03 Å². The van der Waals surface area contributed by atoms with Gasteiger partial charge in [0.15, 0.2) is 0 Å². The van der Waals surface area contributed by atoms with E-state index in [-0.39, 0.29) is 6.03 Å². The number of benzene rings is 2. The third-order valence-corrected chi connectivity index (χ3v) is 5.66. The van der Waals surface area contributed by atoms with Crippen molar-refractivity contribution in [3.8, 4) is 16.9 Å². The third-order valence-electron chi connectivity index (χ3n) is 5.66. The molecule has 0 aromatic heterocycles. The number of ether oxygens (including phenoxy) is 1. The number of amides is 2. The number of hydrogen-bond donors (Lipinski definition) is 2. The molecule has 5 heteroatoms. The molecule has 0 spiro atoms. The van der Waals surface area contributed by atoms with Crippen LogP contribution in [0.4, 0.5) is 4.79 Å². The smallest absolute Gasteiger partial charge is 0.317 e. The Morgan fingerprint density at radius 2 is 1.67 bits per heavy atom. The molecule has 3 aliphatic rings. The van der Waals surface area contributed by atoms with Gasteiger partial charge < -0.3 is 20.3 Å². The highest BCUT2D eigenvalue weighted by Gasteiger charge is 2.47. The number of hydrogen-bond acceptors (Lipinski definition) is 3. The van der Waals surface area contributed by atoms with Crippen LogP contribution in [0.3, 0.4) is 0 Å². The molecule has 2 aromatic rings. The molecule has 5 rings (SSSR count). The Morgan fingerprint density at radius 3 is 2.22 bits per heavy atom. The lowest BCUT2D eigenvalue weighted by Crippen LogP contribution is -2.73. The predicted molar refractivity (Wildman–Crippen MR) is 107 cm³/mol. The van der Waals surface area contributed by atoms with Crippen molar-refractivity contribution in [1.82, 2.24) is 15.5 Å². The maximum Gasteiger partial charge on any atom is 0.317 e. The number of carbonyl (C=O) groups is 1. The largest absolute Gasteiger partial charge is 0.497 e. The fraction of sp³-hybridized carbons (Fsp3) is 0.409. The normalized spacial score (nSPS) is 23.5. The first-order valence-corrected chi connectivity index (χ1v) is 9.73. The lowest BCUT2D eigenvalue weighted by atomic mass is 9.74. The van der Waals surface area contributed by atoms with Gasteiger partial charge in [-0.15, -0.1) is 0 Å². The van der Waals surface area contributed by atoms with Crippen LogP contribution in [0.2, 0.25) is 0 Å². The summed E-state index contributed by atoms with van der Waals surface area (Å²) in [6.45, 7) is 4.36. The van der Waals surface area contributed by atoms with Gasteiger partial charge in [0.2, 0.25) is 0 Å². The quantitative estimate of drug-likeness (QED) is 0.855. The van der Waals surface area contributed by atoms with Crippen molar-refractivity contribution in [2.75, 3.05) is 26.7 Å².